The number of hydrogen-bond donors (Lipinski definition) is 0. The second-order valence-corrected chi connectivity index (χ2v) is 7.78. The number of hydrogen-bond acceptors (Lipinski definition) is 6. The Morgan fingerprint density at radius 1 is 1.17 bits per heavy atom. The Morgan fingerprint density at radius 2 is 1.90 bits per heavy atom. The predicted molar refractivity (Wildman–Crippen MR) is 115 cm³/mol. The minimum Gasteiger partial charge on any atom is -0.434 e. The van der Waals surface area contributed by atoms with Crippen LogP contribution in [0.2, 0.25) is 0 Å². The summed E-state index contributed by atoms with van der Waals surface area (Å²) < 4.78 is 10.5. The van der Waals surface area contributed by atoms with Crippen molar-refractivity contribution in [3.63, 3.8) is 0 Å². The zero-order valence-corrected chi connectivity index (χ0v) is 18.2. The van der Waals surface area contributed by atoms with Crippen molar-refractivity contribution in [3.8, 4) is 5.75 Å². The van der Waals surface area contributed by atoms with E-state index in [0.717, 1.165) is 19.3 Å². The molecule has 0 fully saturated rings. The van der Waals surface area contributed by atoms with Gasteiger partial charge in [0, 0.05) is 19.0 Å². The Morgan fingerprint density at radius 3 is 2.55 bits per heavy atom. The number of benzene rings is 1. The molecule has 0 saturated heterocycles. The van der Waals surface area contributed by atoms with E-state index in [9.17, 15) is 4.79 Å². The Kier molecular flexibility index (Phi) is 8.90. The van der Waals surface area contributed by atoms with E-state index in [1.165, 1.54) is 18.1 Å². The molecule has 0 aliphatic heterocycles. The van der Waals surface area contributed by atoms with Gasteiger partial charge in [0.1, 0.15) is 6.33 Å². The molecule has 0 aliphatic carbocycles. The lowest BCUT2D eigenvalue weighted by Gasteiger charge is -2.33. The van der Waals surface area contributed by atoms with Crippen molar-refractivity contribution >= 4 is 12.0 Å². The third kappa shape index (κ3) is 6.73. The first-order chi connectivity index (χ1) is 13.9. The second-order valence-electron chi connectivity index (χ2n) is 7.78. The molecule has 0 N–H and O–H groups in total. The van der Waals surface area contributed by atoms with E-state index in [1.54, 1.807) is 0 Å². The zero-order valence-electron chi connectivity index (χ0n) is 18.2. The van der Waals surface area contributed by atoms with Crippen molar-refractivity contribution in [2.24, 2.45) is 5.92 Å². The third-order valence-electron chi connectivity index (χ3n) is 5.01. The van der Waals surface area contributed by atoms with Gasteiger partial charge in [0.15, 0.2) is 11.6 Å². The van der Waals surface area contributed by atoms with Gasteiger partial charge in [0.25, 0.3) is 0 Å². The Balaban J connectivity index is 2.20. The normalized spacial score (nSPS) is 13.0. The van der Waals surface area contributed by atoms with Crippen LogP contribution in [0.4, 0.5) is 10.6 Å². The number of ether oxygens (including phenoxy) is 2. The van der Waals surface area contributed by atoms with E-state index in [-0.39, 0.29) is 12.0 Å². The Hall–Kier alpha value is -2.63. The number of carbonyl (C=O) groups excluding carboxylic acids is 1. The molecule has 2 rings (SSSR count). The second kappa shape index (κ2) is 11.4. The molecule has 29 heavy (non-hydrogen) atoms. The monoisotopic (exact) mass is 399 g/mol. The number of rotatable bonds is 10. The lowest BCUT2D eigenvalue weighted by molar-refractivity contribution is 0.0884. The molecule has 6 heteroatoms. The molecular weight excluding hydrogens is 366 g/mol. The maximum atomic E-state index is 12.0. The van der Waals surface area contributed by atoms with Crippen LogP contribution in [-0.4, -0.2) is 35.8 Å². The molecule has 1 aromatic carbocycles. The average Bonchev–Trinajstić information content (AvgIpc) is 2.73. The van der Waals surface area contributed by atoms with Gasteiger partial charge < -0.3 is 14.4 Å². The van der Waals surface area contributed by atoms with Gasteiger partial charge in [-0.15, -0.1) is 0 Å². The summed E-state index contributed by atoms with van der Waals surface area (Å²) in [6.45, 7) is 8.63. The molecule has 2 atom stereocenters. The van der Waals surface area contributed by atoms with E-state index in [0.29, 0.717) is 24.1 Å². The summed E-state index contributed by atoms with van der Waals surface area (Å²) in [4.78, 5) is 22.5. The van der Waals surface area contributed by atoms with E-state index in [1.807, 2.05) is 27.0 Å². The first-order valence-electron chi connectivity index (χ1n) is 10.4. The van der Waals surface area contributed by atoms with Crippen LogP contribution in [0.15, 0.2) is 42.9 Å². The molecule has 1 aromatic heterocycles. The van der Waals surface area contributed by atoms with E-state index >= 15 is 0 Å². The summed E-state index contributed by atoms with van der Waals surface area (Å²) >= 11 is 0. The number of anilines is 1. The molecule has 2 aromatic rings. The Bertz CT molecular complexity index is 752. The van der Waals surface area contributed by atoms with Crippen molar-refractivity contribution in [2.75, 3.05) is 18.6 Å². The highest BCUT2D eigenvalue weighted by atomic mass is 16.7. The van der Waals surface area contributed by atoms with Crippen molar-refractivity contribution in [3.05, 3.63) is 48.4 Å². The van der Waals surface area contributed by atoms with Gasteiger partial charge in [-0.3, -0.25) is 0 Å². The highest BCUT2D eigenvalue weighted by molar-refractivity contribution is 5.67. The van der Waals surface area contributed by atoms with Gasteiger partial charge in [-0.2, -0.15) is 0 Å². The van der Waals surface area contributed by atoms with Crippen LogP contribution < -0.4 is 9.64 Å². The third-order valence-corrected chi connectivity index (χ3v) is 5.01. The van der Waals surface area contributed by atoms with Crippen LogP contribution in [0, 0.1) is 5.92 Å². The van der Waals surface area contributed by atoms with Crippen LogP contribution in [0.25, 0.3) is 0 Å². The SMILES string of the molecule is CCCCC(c1ccccc1)C(C)N(C)c1ncncc1OC(=O)OCC(C)C. The molecular formula is C23H33N3O3. The molecule has 1 heterocycles. The zero-order chi connectivity index (χ0) is 21.2. The molecule has 2 unspecified atom stereocenters. The maximum absolute atomic E-state index is 12.0. The minimum atomic E-state index is -0.735. The van der Waals surface area contributed by atoms with Gasteiger partial charge in [-0.1, -0.05) is 63.9 Å². The smallest absolute Gasteiger partial charge is 0.434 e. The summed E-state index contributed by atoms with van der Waals surface area (Å²) in [5.74, 6) is 1.45. The molecule has 0 bridgehead atoms. The molecule has 6 nitrogen and oxygen atoms in total. The highest BCUT2D eigenvalue weighted by Crippen LogP contribution is 2.33. The first kappa shape index (κ1) is 22.7. The average molecular weight is 400 g/mol. The van der Waals surface area contributed by atoms with Gasteiger partial charge in [-0.05, 0) is 24.8 Å². The molecule has 0 spiro atoms. The van der Waals surface area contributed by atoms with Gasteiger partial charge in [0.05, 0.1) is 12.8 Å². The summed E-state index contributed by atoms with van der Waals surface area (Å²) in [6, 6.07) is 10.7. The van der Waals surface area contributed by atoms with Crippen molar-refractivity contribution < 1.29 is 14.3 Å². The highest BCUT2D eigenvalue weighted by Gasteiger charge is 2.26. The summed E-state index contributed by atoms with van der Waals surface area (Å²) in [7, 11) is 1.97. The number of nitrogens with zero attached hydrogens (tertiary/aromatic N) is 3. The molecule has 0 saturated carbocycles. The fraction of sp³-hybridized carbons (Fsp3) is 0.522. The van der Waals surface area contributed by atoms with Crippen LogP contribution in [0.5, 0.6) is 5.75 Å². The summed E-state index contributed by atoms with van der Waals surface area (Å²) in [5.41, 5.74) is 1.30. The van der Waals surface area contributed by atoms with Crippen molar-refractivity contribution in [2.45, 2.75) is 58.9 Å². The van der Waals surface area contributed by atoms with Crippen LogP contribution in [0.1, 0.15) is 58.4 Å². The number of aromatic nitrogens is 2. The molecule has 0 amide bonds. The van der Waals surface area contributed by atoms with Gasteiger partial charge in [0.2, 0.25) is 0 Å². The number of carbonyl (C=O) groups is 1. The number of likely N-dealkylation sites (N-methyl/N-ethyl adjacent to an activating group) is 1. The maximum Gasteiger partial charge on any atom is 0.514 e. The van der Waals surface area contributed by atoms with Crippen LogP contribution >= 0.6 is 0 Å². The largest absolute Gasteiger partial charge is 0.514 e. The van der Waals surface area contributed by atoms with Crippen LogP contribution in [-0.2, 0) is 4.74 Å². The van der Waals surface area contributed by atoms with Gasteiger partial charge >= 0.3 is 6.16 Å². The van der Waals surface area contributed by atoms with Gasteiger partial charge in [-0.25, -0.2) is 14.8 Å². The summed E-state index contributed by atoms with van der Waals surface area (Å²) in [6.07, 6.45) is 5.60. The quantitative estimate of drug-likeness (QED) is 0.495. The predicted octanol–water partition coefficient (Wildman–Crippen LogP) is 5.45. The van der Waals surface area contributed by atoms with Crippen molar-refractivity contribution in [1.29, 1.82) is 0 Å². The minimum absolute atomic E-state index is 0.146. The molecule has 158 valence electrons. The fourth-order valence-electron chi connectivity index (χ4n) is 3.27. The van der Waals surface area contributed by atoms with E-state index in [4.69, 9.17) is 9.47 Å². The number of unbranched alkanes of at least 4 members (excludes halogenated alkanes) is 1. The first-order valence-corrected chi connectivity index (χ1v) is 10.4. The van der Waals surface area contributed by atoms with E-state index in [2.05, 4.69) is 53.0 Å². The van der Waals surface area contributed by atoms with Crippen molar-refractivity contribution in [1.82, 2.24) is 9.97 Å². The molecule has 0 aliphatic rings. The lowest BCUT2D eigenvalue weighted by Crippen LogP contribution is -2.35. The lowest BCUT2D eigenvalue weighted by atomic mass is 9.87. The topological polar surface area (TPSA) is 64.5 Å². The standard InChI is InChI=1S/C23H33N3O3/c1-6-7-13-20(19-11-9-8-10-12-19)18(4)26(5)22-21(14-24-16-25-22)29-23(27)28-15-17(2)3/h8-12,14,16-18,20H,6-7,13,15H2,1-5H3. The Labute approximate surface area is 174 Å². The van der Waals surface area contributed by atoms with E-state index < -0.39 is 6.16 Å². The van der Waals surface area contributed by atoms with Crippen LogP contribution in [0.3, 0.4) is 0 Å². The summed E-state index contributed by atoms with van der Waals surface area (Å²) in [5, 5.41) is 0. The fourth-order valence-corrected chi connectivity index (χ4v) is 3.27. The molecule has 0 radical (unpaired) electrons.